The Morgan fingerprint density at radius 1 is 0.789 bits per heavy atom. The molecule has 0 aliphatic carbocycles. The average Bonchev–Trinajstić information content (AvgIpc) is 3.37. The highest BCUT2D eigenvalue weighted by Gasteiger charge is 2.17. The van der Waals surface area contributed by atoms with Gasteiger partial charge in [0.05, 0.1) is 27.4 Å². The Hall–Kier alpha value is -3.98. The van der Waals surface area contributed by atoms with Gasteiger partial charge in [0, 0.05) is 49.0 Å². The predicted octanol–water partition coefficient (Wildman–Crippen LogP) is 4.92. The normalized spacial score (nSPS) is 14.0. The first kappa shape index (κ1) is 25.7. The second-order valence-electron chi connectivity index (χ2n) is 9.34. The molecule has 0 amide bonds. The highest BCUT2D eigenvalue weighted by Crippen LogP contribution is 2.27. The Morgan fingerprint density at radius 2 is 1.50 bits per heavy atom. The second kappa shape index (κ2) is 12.0. The van der Waals surface area contributed by atoms with Crippen molar-refractivity contribution in [3.05, 3.63) is 60.3 Å². The van der Waals surface area contributed by atoms with Crippen LogP contribution in [-0.2, 0) is 6.42 Å². The Kier molecular flexibility index (Phi) is 8.13. The number of ether oxygens (including phenoxy) is 4. The van der Waals surface area contributed by atoms with Crippen LogP contribution in [0.2, 0.25) is 0 Å². The fourth-order valence-corrected chi connectivity index (χ4v) is 4.84. The molecule has 2 aromatic carbocycles. The molecule has 38 heavy (non-hydrogen) atoms. The number of rotatable bonds is 11. The van der Waals surface area contributed by atoms with Crippen molar-refractivity contribution in [1.29, 1.82) is 0 Å². The first-order valence-corrected chi connectivity index (χ1v) is 13.0. The predicted molar refractivity (Wildman–Crippen MR) is 148 cm³/mol. The number of aryl methyl sites for hydroxylation is 1. The molecule has 0 saturated carbocycles. The summed E-state index contributed by atoms with van der Waals surface area (Å²) in [4.78, 5) is 16.8. The third-order valence-electron chi connectivity index (χ3n) is 7.01. The van der Waals surface area contributed by atoms with Gasteiger partial charge < -0.3 is 28.8 Å². The number of nitrogens with zero attached hydrogens (tertiary/aromatic N) is 4. The summed E-state index contributed by atoms with van der Waals surface area (Å²) in [7, 11) is 4.81. The molecular formula is C29H35N5O4. The first-order chi connectivity index (χ1) is 18.6. The van der Waals surface area contributed by atoms with E-state index in [1.165, 1.54) is 35.0 Å². The van der Waals surface area contributed by atoms with E-state index in [2.05, 4.69) is 55.2 Å². The SMILES string of the molecule is COc1ccc2[nH]cc(CCCCN3CCN(c4ccc(Oc5nc(OC)cc(OC)n5)cc4)CC3)c2c1. The van der Waals surface area contributed by atoms with Crippen LogP contribution in [0.1, 0.15) is 18.4 Å². The molecule has 1 N–H and O–H groups in total. The van der Waals surface area contributed by atoms with Crippen LogP contribution >= 0.6 is 0 Å². The van der Waals surface area contributed by atoms with E-state index in [-0.39, 0.29) is 6.01 Å². The van der Waals surface area contributed by atoms with Gasteiger partial charge >= 0.3 is 6.01 Å². The summed E-state index contributed by atoms with van der Waals surface area (Å²) in [6.45, 7) is 5.30. The maximum Gasteiger partial charge on any atom is 0.328 e. The van der Waals surface area contributed by atoms with Crippen LogP contribution in [0.15, 0.2) is 54.7 Å². The van der Waals surface area contributed by atoms with Gasteiger partial charge in [-0.25, -0.2) is 0 Å². The van der Waals surface area contributed by atoms with E-state index >= 15 is 0 Å². The molecule has 9 nitrogen and oxygen atoms in total. The standard InChI is InChI=1S/C29H35N5O4/c1-35-24-11-12-26-25(18-24)21(20-30-26)6-4-5-13-33-14-16-34(17-15-33)22-7-9-23(10-8-22)38-29-31-27(36-2)19-28(32-29)37-3/h7-12,18-20,30H,4-6,13-17H2,1-3H3. The molecular weight excluding hydrogens is 482 g/mol. The molecule has 3 heterocycles. The summed E-state index contributed by atoms with van der Waals surface area (Å²) >= 11 is 0. The number of nitrogens with one attached hydrogen (secondary N) is 1. The van der Waals surface area contributed by atoms with Gasteiger partial charge in [0.2, 0.25) is 11.8 Å². The van der Waals surface area contributed by atoms with Crippen LogP contribution in [0.4, 0.5) is 5.69 Å². The molecule has 200 valence electrons. The number of H-pyrrole nitrogens is 1. The lowest BCUT2D eigenvalue weighted by molar-refractivity contribution is 0.253. The van der Waals surface area contributed by atoms with Gasteiger partial charge in [-0.15, -0.1) is 0 Å². The number of hydrogen-bond acceptors (Lipinski definition) is 8. The van der Waals surface area contributed by atoms with Gasteiger partial charge in [-0.05, 0) is 73.8 Å². The Balaban J connectivity index is 1.06. The molecule has 1 aliphatic heterocycles. The molecule has 1 aliphatic rings. The van der Waals surface area contributed by atoms with Crippen molar-refractivity contribution in [2.45, 2.75) is 19.3 Å². The number of benzene rings is 2. The van der Waals surface area contributed by atoms with Gasteiger partial charge in [0.1, 0.15) is 11.5 Å². The van der Waals surface area contributed by atoms with E-state index in [1.807, 2.05) is 18.2 Å². The number of hydrogen-bond donors (Lipinski definition) is 1. The third-order valence-corrected chi connectivity index (χ3v) is 7.01. The molecule has 0 spiro atoms. The molecule has 1 fully saturated rings. The van der Waals surface area contributed by atoms with Crippen molar-refractivity contribution in [2.24, 2.45) is 0 Å². The average molecular weight is 518 g/mol. The van der Waals surface area contributed by atoms with E-state index in [0.717, 1.165) is 44.9 Å². The topological polar surface area (TPSA) is 85.0 Å². The van der Waals surface area contributed by atoms with Gasteiger partial charge in [-0.1, -0.05) is 0 Å². The van der Waals surface area contributed by atoms with Crippen molar-refractivity contribution >= 4 is 16.6 Å². The van der Waals surface area contributed by atoms with Gasteiger partial charge in [-0.2, -0.15) is 9.97 Å². The molecule has 0 unspecified atom stereocenters. The molecule has 0 radical (unpaired) electrons. The van der Waals surface area contributed by atoms with Crippen LogP contribution in [0.25, 0.3) is 10.9 Å². The number of aromatic amines is 1. The van der Waals surface area contributed by atoms with E-state index < -0.39 is 0 Å². The highest BCUT2D eigenvalue weighted by molar-refractivity contribution is 5.84. The van der Waals surface area contributed by atoms with Crippen molar-refractivity contribution < 1.29 is 18.9 Å². The largest absolute Gasteiger partial charge is 0.497 e. The Morgan fingerprint density at radius 3 is 2.18 bits per heavy atom. The molecule has 5 rings (SSSR count). The fourth-order valence-electron chi connectivity index (χ4n) is 4.84. The maximum atomic E-state index is 5.82. The van der Waals surface area contributed by atoms with E-state index in [1.54, 1.807) is 27.4 Å². The molecule has 9 heteroatoms. The lowest BCUT2D eigenvalue weighted by Gasteiger charge is -2.36. The van der Waals surface area contributed by atoms with Crippen molar-refractivity contribution in [3.63, 3.8) is 0 Å². The van der Waals surface area contributed by atoms with Crippen LogP contribution in [0, 0.1) is 0 Å². The summed E-state index contributed by atoms with van der Waals surface area (Å²) in [5.74, 6) is 2.35. The Bertz CT molecular complexity index is 1310. The van der Waals surface area contributed by atoms with Crippen molar-refractivity contribution in [2.75, 3.05) is 59.0 Å². The lowest BCUT2D eigenvalue weighted by atomic mass is 10.1. The summed E-state index contributed by atoms with van der Waals surface area (Å²) in [6, 6.07) is 16.1. The zero-order valence-electron chi connectivity index (χ0n) is 22.3. The second-order valence-corrected chi connectivity index (χ2v) is 9.34. The molecule has 4 aromatic rings. The number of piperazine rings is 1. The van der Waals surface area contributed by atoms with Crippen LogP contribution in [0.5, 0.6) is 29.3 Å². The van der Waals surface area contributed by atoms with Gasteiger partial charge in [0.15, 0.2) is 0 Å². The van der Waals surface area contributed by atoms with Crippen molar-refractivity contribution in [1.82, 2.24) is 19.9 Å². The molecule has 2 aromatic heterocycles. The minimum absolute atomic E-state index is 0.187. The summed E-state index contributed by atoms with van der Waals surface area (Å²) in [5, 5.41) is 1.27. The monoisotopic (exact) mass is 517 g/mol. The smallest absolute Gasteiger partial charge is 0.328 e. The number of aromatic nitrogens is 3. The quantitative estimate of drug-likeness (QED) is 0.281. The number of anilines is 1. The van der Waals surface area contributed by atoms with Crippen molar-refractivity contribution in [3.8, 4) is 29.3 Å². The summed E-state index contributed by atoms with van der Waals surface area (Å²) < 4.78 is 21.6. The minimum atomic E-state index is 0.187. The molecule has 1 saturated heterocycles. The third kappa shape index (κ3) is 6.11. The Labute approximate surface area is 223 Å². The maximum absolute atomic E-state index is 5.82. The number of fused-ring (bicyclic) bond motifs is 1. The minimum Gasteiger partial charge on any atom is -0.497 e. The number of methoxy groups -OCH3 is 3. The zero-order chi connectivity index (χ0) is 26.3. The van der Waals surface area contributed by atoms with E-state index in [9.17, 15) is 0 Å². The van der Waals surface area contributed by atoms with Crippen LogP contribution in [0.3, 0.4) is 0 Å². The molecule has 0 atom stereocenters. The lowest BCUT2D eigenvalue weighted by Crippen LogP contribution is -2.46. The first-order valence-electron chi connectivity index (χ1n) is 13.0. The van der Waals surface area contributed by atoms with E-state index in [0.29, 0.717) is 17.5 Å². The fraction of sp³-hybridized carbons (Fsp3) is 0.379. The van der Waals surface area contributed by atoms with Gasteiger partial charge in [-0.3, -0.25) is 4.90 Å². The highest BCUT2D eigenvalue weighted by atomic mass is 16.5. The van der Waals surface area contributed by atoms with Crippen LogP contribution in [-0.4, -0.2) is 73.9 Å². The summed E-state index contributed by atoms with van der Waals surface area (Å²) in [5.41, 5.74) is 3.73. The van der Waals surface area contributed by atoms with Crippen LogP contribution < -0.4 is 23.8 Å². The zero-order valence-corrected chi connectivity index (χ0v) is 22.3. The number of unbranched alkanes of at least 4 members (excludes halogenated alkanes) is 1. The van der Waals surface area contributed by atoms with E-state index in [4.69, 9.17) is 18.9 Å². The molecule has 0 bridgehead atoms. The van der Waals surface area contributed by atoms with Gasteiger partial charge in [0.25, 0.3) is 0 Å². The summed E-state index contributed by atoms with van der Waals surface area (Å²) in [6.07, 6.45) is 5.59.